The molecule has 0 aliphatic carbocycles. The number of hydrogen-bond donors (Lipinski definition) is 2. The fraction of sp³-hybridized carbons (Fsp3) is 0.455. The maximum absolute atomic E-state index is 5.94. The van der Waals surface area contributed by atoms with E-state index in [9.17, 15) is 0 Å². The van der Waals surface area contributed by atoms with Crippen LogP contribution in [-0.2, 0) is 6.42 Å². The summed E-state index contributed by atoms with van der Waals surface area (Å²) < 4.78 is 5.56. The molecular formula is C11H16N2O. The van der Waals surface area contributed by atoms with Crippen LogP contribution in [-0.4, -0.2) is 13.2 Å². The van der Waals surface area contributed by atoms with E-state index in [1.165, 1.54) is 5.56 Å². The van der Waals surface area contributed by atoms with E-state index in [4.69, 9.17) is 16.2 Å². The van der Waals surface area contributed by atoms with Gasteiger partial charge in [0.1, 0.15) is 5.75 Å². The average Bonchev–Trinajstić information content (AvgIpc) is 2.27. The molecule has 1 atom stereocenters. The minimum absolute atomic E-state index is 0.0633. The summed E-state index contributed by atoms with van der Waals surface area (Å²) in [6.45, 7) is 1.30. The topological polar surface area (TPSA) is 61.3 Å². The van der Waals surface area contributed by atoms with Crippen LogP contribution in [0.25, 0.3) is 0 Å². The van der Waals surface area contributed by atoms with Gasteiger partial charge in [-0.3, -0.25) is 0 Å². The lowest BCUT2D eigenvalue weighted by molar-refractivity contribution is 0.287. The molecule has 0 saturated heterocycles. The Morgan fingerprint density at radius 3 is 3.07 bits per heavy atom. The van der Waals surface area contributed by atoms with Crippen LogP contribution in [0.15, 0.2) is 18.2 Å². The van der Waals surface area contributed by atoms with Gasteiger partial charge in [0, 0.05) is 12.6 Å². The lowest BCUT2D eigenvalue weighted by Gasteiger charge is -2.22. The van der Waals surface area contributed by atoms with Crippen LogP contribution in [0, 0.1) is 0 Å². The van der Waals surface area contributed by atoms with Crippen molar-refractivity contribution in [2.24, 2.45) is 11.5 Å². The highest BCUT2D eigenvalue weighted by atomic mass is 16.5. The zero-order valence-electron chi connectivity index (χ0n) is 8.20. The quantitative estimate of drug-likeness (QED) is 0.734. The molecule has 14 heavy (non-hydrogen) atoms. The fourth-order valence-electron chi connectivity index (χ4n) is 1.89. The molecule has 0 unspecified atom stereocenters. The zero-order chi connectivity index (χ0) is 9.97. The third-order valence-corrected chi connectivity index (χ3v) is 2.65. The second-order valence-electron chi connectivity index (χ2n) is 3.62. The number of nitrogens with two attached hydrogens (primary N) is 2. The minimum atomic E-state index is -0.0633. The molecule has 0 saturated carbocycles. The molecule has 0 amide bonds. The Kier molecular flexibility index (Phi) is 2.70. The summed E-state index contributed by atoms with van der Waals surface area (Å²) in [6.07, 6.45) is 2.13. The van der Waals surface area contributed by atoms with E-state index in [0.717, 1.165) is 30.8 Å². The first-order valence-electron chi connectivity index (χ1n) is 5.03. The Morgan fingerprint density at radius 1 is 1.43 bits per heavy atom. The first-order chi connectivity index (χ1) is 6.83. The maximum Gasteiger partial charge on any atom is 0.122 e. The van der Waals surface area contributed by atoms with E-state index >= 15 is 0 Å². The van der Waals surface area contributed by atoms with Crippen LogP contribution < -0.4 is 16.2 Å². The third-order valence-electron chi connectivity index (χ3n) is 2.65. The predicted octanol–water partition coefficient (Wildman–Crippen LogP) is 0.970. The van der Waals surface area contributed by atoms with Crippen molar-refractivity contribution in [3.05, 3.63) is 29.3 Å². The Hall–Kier alpha value is -1.06. The SMILES string of the molecule is NC[C@@H](N)c1cccc2c1CCCO2. The summed E-state index contributed by atoms with van der Waals surface area (Å²) in [6, 6.07) is 5.97. The number of hydrogen-bond acceptors (Lipinski definition) is 3. The van der Waals surface area contributed by atoms with Gasteiger partial charge in [0.05, 0.1) is 6.61 Å². The summed E-state index contributed by atoms with van der Waals surface area (Å²) >= 11 is 0. The van der Waals surface area contributed by atoms with Gasteiger partial charge in [-0.15, -0.1) is 0 Å². The van der Waals surface area contributed by atoms with E-state index in [1.807, 2.05) is 18.2 Å². The Morgan fingerprint density at radius 2 is 2.29 bits per heavy atom. The number of rotatable bonds is 2. The lowest BCUT2D eigenvalue weighted by atomic mass is 9.95. The van der Waals surface area contributed by atoms with E-state index < -0.39 is 0 Å². The van der Waals surface area contributed by atoms with E-state index in [0.29, 0.717) is 6.54 Å². The number of benzene rings is 1. The van der Waals surface area contributed by atoms with Crippen LogP contribution in [0.4, 0.5) is 0 Å². The molecule has 0 spiro atoms. The van der Waals surface area contributed by atoms with Crippen molar-refractivity contribution in [1.29, 1.82) is 0 Å². The average molecular weight is 192 g/mol. The van der Waals surface area contributed by atoms with E-state index in [2.05, 4.69) is 0 Å². The van der Waals surface area contributed by atoms with Crippen molar-refractivity contribution in [1.82, 2.24) is 0 Å². The van der Waals surface area contributed by atoms with Crippen molar-refractivity contribution in [2.45, 2.75) is 18.9 Å². The van der Waals surface area contributed by atoms with Crippen molar-refractivity contribution in [3.8, 4) is 5.75 Å². The van der Waals surface area contributed by atoms with Crippen molar-refractivity contribution < 1.29 is 4.74 Å². The molecule has 2 rings (SSSR count). The standard InChI is InChI=1S/C11H16N2O/c12-7-10(13)8-3-1-5-11-9(8)4-2-6-14-11/h1,3,5,10H,2,4,6-7,12-13H2/t10-/m1/s1. The molecule has 0 radical (unpaired) electrons. The molecule has 1 aliphatic rings. The highest BCUT2D eigenvalue weighted by Crippen LogP contribution is 2.30. The highest BCUT2D eigenvalue weighted by molar-refractivity contribution is 5.43. The number of ether oxygens (including phenoxy) is 1. The predicted molar refractivity (Wildman–Crippen MR) is 56.2 cm³/mol. The molecule has 1 aromatic rings. The van der Waals surface area contributed by atoms with Crippen LogP contribution in [0.5, 0.6) is 5.75 Å². The van der Waals surface area contributed by atoms with Gasteiger partial charge in [0.2, 0.25) is 0 Å². The lowest BCUT2D eigenvalue weighted by Crippen LogP contribution is -2.23. The second kappa shape index (κ2) is 3.98. The van der Waals surface area contributed by atoms with Crippen molar-refractivity contribution in [2.75, 3.05) is 13.2 Å². The zero-order valence-corrected chi connectivity index (χ0v) is 8.20. The molecule has 4 N–H and O–H groups in total. The van der Waals surface area contributed by atoms with Crippen LogP contribution in [0.2, 0.25) is 0 Å². The van der Waals surface area contributed by atoms with Crippen LogP contribution >= 0.6 is 0 Å². The van der Waals surface area contributed by atoms with E-state index in [1.54, 1.807) is 0 Å². The molecule has 3 nitrogen and oxygen atoms in total. The van der Waals surface area contributed by atoms with Gasteiger partial charge in [-0.1, -0.05) is 12.1 Å². The first-order valence-corrected chi connectivity index (χ1v) is 5.03. The van der Waals surface area contributed by atoms with Gasteiger partial charge in [-0.05, 0) is 30.0 Å². The van der Waals surface area contributed by atoms with Crippen LogP contribution in [0.1, 0.15) is 23.6 Å². The summed E-state index contributed by atoms with van der Waals surface area (Å²) in [5.41, 5.74) is 13.9. The minimum Gasteiger partial charge on any atom is -0.493 e. The van der Waals surface area contributed by atoms with Gasteiger partial charge in [0.25, 0.3) is 0 Å². The molecule has 1 heterocycles. The molecule has 0 fully saturated rings. The molecule has 0 bridgehead atoms. The smallest absolute Gasteiger partial charge is 0.122 e. The Balaban J connectivity index is 2.39. The van der Waals surface area contributed by atoms with Crippen molar-refractivity contribution >= 4 is 0 Å². The number of fused-ring (bicyclic) bond motifs is 1. The molecule has 1 aliphatic heterocycles. The van der Waals surface area contributed by atoms with E-state index in [-0.39, 0.29) is 6.04 Å². The van der Waals surface area contributed by atoms with Gasteiger partial charge >= 0.3 is 0 Å². The summed E-state index contributed by atoms with van der Waals surface area (Å²) in [5.74, 6) is 0.984. The Labute approximate surface area is 84.0 Å². The van der Waals surface area contributed by atoms with Crippen molar-refractivity contribution in [3.63, 3.8) is 0 Å². The molecule has 3 heteroatoms. The highest BCUT2D eigenvalue weighted by Gasteiger charge is 2.16. The largest absolute Gasteiger partial charge is 0.493 e. The molecule has 76 valence electrons. The first kappa shape index (κ1) is 9.49. The van der Waals surface area contributed by atoms with Gasteiger partial charge < -0.3 is 16.2 Å². The summed E-state index contributed by atoms with van der Waals surface area (Å²) in [4.78, 5) is 0. The monoisotopic (exact) mass is 192 g/mol. The maximum atomic E-state index is 5.94. The molecular weight excluding hydrogens is 176 g/mol. The summed E-state index contributed by atoms with van der Waals surface area (Å²) in [5, 5.41) is 0. The van der Waals surface area contributed by atoms with Gasteiger partial charge in [-0.25, -0.2) is 0 Å². The fourth-order valence-corrected chi connectivity index (χ4v) is 1.89. The third kappa shape index (κ3) is 1.61. The summed E-state index contributed by atoms with van der Waals surface area (Å²) in [7, 11) is 0. The second-order valence-corrected chi connectivity index (χ2v) is 3.62. The van der Waals surface area contributed by atoms with Crippen LogP contribution in [0.3, 0.4) is 0 Å². The normalized spacial score (nSPS) is 17.0. The molecule has 0 aromatic heterocycles. The van der Waals surface area contributed by atoms with Gasteiger partial charge in [-0.2, -0.15) is 0 Å². The molecule has 1 aromatic carbocycles. The van der Waals surface area contributed by atoms with Gasteiger partial charge in [0.15, 0.2) is 0 Å². The Bertz CT molecular complexity index is 325.